The summed E-state index contributed by atoms with van der Waals surface area (Å²) in [7, 11) is 0. The van der Waals surface area contributed by atoms with Crippen molar-refractivity contribution >= 4 is 10.9 Å². The van der Waals surface area contributed by atoms with Gasteiger partial charge >= 0.3 is 0 Å². The molecule has 0 amide bonds. The van der Waals surface area contributed by atoms with Gasteiger partial charge in [0, 0.05) is 19.1 Å². The lowest BCUT2D eigenvalue weighted by Gasteiger charge is -2.15. The third kappa shape index (κ3) is 2.56. The van der Waals surface area contributed by atoms with E-state index in [9.17, 15) is 4.79 Å². The van der Waals surface area contributed by atoms with Crippen molar-refractivity contribution in [3.63, 3.8) is 0 Å². The van der Waals surface area contributed by atoms with Crippen LogP contribution in [0.3, 0.4) is 0 Å². The second kappa shape index (κ2) is 5.51. The van der Waals surface area contributed by atoms with Crippen LogP contribution in [0.25, 0.3) is 10.9 Å². The van der Waals surface area contributed by atoms with E-state index in [1.54, 1.807) is 6.33 Å². The summed E-state index contributed by atoms with van der Waals surface area (Å²) in [5.74, 6) is 0.590. The SMILES string of the molecule is CCc1ccc2ncn(C[C@@H]3CCN(C4CC4)C3)c(=O)c2c1. The lowest BCUT2D eigenvalue weighted by atomic mass is 10.1. The minimum atomic E-state index is 0.116. The van der Waals surface area contributed by atoms with Gasteiger partial charge in [0.15, 0.2) is 0 Å². The Morgan fingerprint density at radius 1 is 1.27 bits per heavy atom. The highest BCUT2D eigenvalue weighted by molar-refractivity contribution is 5.78. The van der Waals surface area contributed by atoms with Crippen molar-refractivity contribution in [1.82, 2.24) is 14.5 Å². The monoisotopic (exact) mass is 297 g/mol. The van der Waals surface area contributed by atoms with E-state index in [4.69, 9.17) is 0 Å². The number of aromatic nitrogens is 2. The van der Waals surface area contributed by atoms with Crippen LogP contribution in [0, 0.1) is 5.92 Å². The highest BCUT2D eigenvalue weighted by Gasteiger charge is 2.34. The second-order valence-electron chi connectivity index (χ2n) is 6.79. The highest BCUT2D eigenvalue weighted by atomic mass is 16.1. The molecule has 0 unspecified atom stereocenters. The van der Waals surface area contributed by atoms with Crippen molar-refractivity contribution in [2.75, 3.05) is 13.1 Å². The Bertz CT molecular complexity index is 748. The minimum absolute atomic E-state index is 0.116. The maximum Gasteiger partial charge on any atom is 0.261 e. The van der Waals surface area contributed by atoms with Crippen molar-refractivity contribution in [3.05, 3.63) is 40.4 Å². The van der Waals surface area contributed by atoms with Crippen molar-refractivity contribution < 1.29 is 0 Å². The maximum absolute atomic E-state index is 12.7. The zero-order valence-electron chi connectivity index (χ0n) is 13.2. The minimum Gasteiger partial charge on any atom is -0.300 e. The number of nitrogens with zero attached hydrogens (tertiary/aromatic N) is 3. The number of rotatable bonds is 4. The van der Waals surface area contributed by atoms with E-state index >= 15 is 0 Å². The van der Waals surface area contributed by atoms with Gasteiger partial charge in [-0.2, -0.15) is 0 Å². The van der Waals surface area contributed by atoms with Crippen LogP contribution in [-0.4, -0.2) is 33.6 Å². The first kappa shape index (κ1) is 13.9. The molecule has 0 N–H and O–H groups in total. The van der Waals surface area contributed by atoms with E-state index in [1.165, 1.54) is 31.4 Å². The summed E-state index contributed by atoms with van der Waals surface area (Å²) in [5.41, 5.74) is 2.12. The molecule has 22 heavy (non-hydrogen) atoms. The van der Waals surface area contributed by atoms with Crippen LogP contribution in [0.4, 0.5) is 0 Å². The van der Waals surface area contributed by atoms with E-state index in [2.05, 4.69) is 22.9 Å². The molecule has 1 saturated heterocycles. The quantitative estimate of drug-likeness (QED) is 0.870. The van der Waals surface area contributed by atoms with Gasteiger partial charge < -0.3 is 4.90 Å². The Hall–Kier alpha value is -1.68. The molecule has 0 bridgehead atoms. The van der Waals surface area contributed by atoms with Crippen LogP contribution < -0.4 is 5.56 Å². The van der Waals surface area contributed by atoms with E-state index in [-0.39, 0.29) is 5.56 Å². The van der Waals surface area contributed by atoms with Gasteiger partial charge in [0.1, 0.15) is 0 Å². The van der Waals surface area contributed by atoms with Gasteiger partial charge in [0.25, 0.3) is 5.56 Å². The molecular formula is C18H23N3O. The molecule has 1 aliphatic carbocycles. The number of likely N-dealkylation sites (tertiary alicyclic amines) is 1. The number of benzene rings is 1. The third-order valence-corrected chi connectivity index (χ3v) is 5.13. The first-order chi connectivity index (χ1) is 10.7. The molecule has 2 aromatic rings. The second-order valence-corrected chi connectivity index (χ2v) is 6.79. The Morgan fingerprint density at radius 2 is 2.14 bits per heavy atom. The van der Waals surface area contributed by atoms with Crippen LogP contribution >= 0.6 is 0 Å². The molecular weight excluding hydrogens is 274 g/mol. The summed E-state index contributed by atoms with van der Waals surface area (Å²) in [4.78, 5) is 19.8. The van der Waals surface area contributed by atoms with Gasteiger partial charge in [0.2, 0.25) is 0 Å². The molecule has 4 rings (SSSR count). The number of hydrogen-bond donors (Lipinski definition) is 0. The summed E-state index contributed by atoms with van der Waals surface area (Å²) < 4.78 is 1.82. The average Bonchev–Trinajstić information content (AvgIpc) is 3.30. The van der Waals surface area contributed by atoms with Crippen molar-refractivity contribution in [2.45, 2.75) is 45.2 Å². The number of fused-ring (bicyclic) bond motifs is 1. The number of aryl methyl sites for hydroxylation is 1. The summed E-state index contributed by atoms with van der Waals surface area (Å²) >= 11 is 0. The molecule has 2 heterocycles. The summed E-state index contributed by atoms with van der Waals surface area (Å²) in [6, 6.07) is 6.86. The molecule has 1 aliphatic heterocycles. The Morgan fingerprint density at radius 3 is 2.91 bits per heavy atom. The molecule has 2 fully saturated rings. The van der Waals surface area contributed by atoms with Gasteiger partial charge in [-0.1, -0.05) is 13.0 Å². The largest absolute Gasteiger partial charge is 0.300 e. The molecule has 1 atom stereocenters. The van der Waals surface area contributed by atoms with Crippen LogP contribution in [-0.2, 0) is 13.0 Å². The van der Waals surface area contributed by atoms with Crippen LogP contribution in [0.5, 0.6) is 0 Å². The zero-order chi connectivity index (χ0) is 15.1. The molecule has 4 heteroatoms. The molecule has 116 valence electrons. The molecule has 1 saturated carbocycles. The fraction of sp³-hybridized carbons (Fsp3) is 0.556. The van der Waals surface area contributed by atoms with E-state index in [0.717, 1.165) is 36.5 Å². The Labute approximate surface area is 130 Å². The maximum atomic E-state index is 12.7. The van der Waals surface area contributed by atoms with Gasteiger partial charge in [-0.05, 0) is 55.8 Å². The fourth-order valence-electron chi connectivity index (χ4n) is 3.62. The predicted molar refractivity (Wildman–Crippen MR) is 88.1 cm³/mol. The Balaban J connectivity index is 1.59. The molecule has 4 nitrogen and oxygen atoms in total. The first-order valence-corrected chi connectivity index (χ1v) is 8.46. The zero-order valence-corrected chi connectivity index (χ0v) is 13.2. The lowest BCUT2D eigenvalue weighted by Crippen LogP contribution is -2.27. The summed E-state index contributed by atoms with van der Waals surface area (Å²) in [6.07, 6.45) is 6.61. The predicted octanol–water partition coefficient (Wildman–Crippen LogP) is 2.44. The van der Waals surface area contributed by atoms with E-state index in [1.807, 2.05) is 16.7 Å². The first-order valence-electron chi connectivity index (χ1n) is 8.46. The average molecular weight is 297 g/mol. The molecule has 0 spiro atoms. The van der Waals surface area contributed by atoms with E-state index < -0.39 is 0 Å². The van der Waals surface area contributed by atoms with Crippen molar-refractivity contribution in [2.24, 2.45) is 5.92 Å². The van der Waals surface area contributed by atoms with E-state index in [0.29, 0.717) is 5.92 Å². The van der Waals surface area contributed by atoms with Gasteiger partial charge in [-0.25, -0.2) is 4.98 Å². The lowest BCUT2D eigenvalue weighted by molar-refractivity contribution is 0.306. The van der Waals surface area contributed by atoms with Crippen LogP contribution in [0.15, 0.2) is 29.3 Å². The van der Waals surface area contributed by atoms with Crippen molar-refractivity contribution in [1.29, 1.82) is 0 Å². The van der Waals surface area contributed by atoms with Gasteiger partial charge in [-0.15, -0.1) is 0 Å². The van der Waals surface area contributed by atoms with Crippen LogP contribution in [0.2, 0.25) is 0 Å². The summed E-state index contributed by atoms with van der Waals surface area (Å²) in [6.45, 7) is 5.26. The Kier molecular flexibility index (Phi) is 3.49. The molecule has 0 radical (unpaired) electrons. The summed E-state index contributed by atoms with van der Waals surface area (Å²) in [5, 5.41) is 0.763. The normalized spacial score (nSPS) is 22.5. The third-order valence-electron chi connectivity index (χ3n) is 5.13. The topological polar surface area (TPSA) is 38.1 Å². The van der Waals surface area contributed by atoms with Crippen molar-refractivity contribution in [3.8, 4) is 0 Å². The standard InChI is InChI=1S/C18H23N3O/c1-2-13-3-6-17-16(9-13)18(22)21(12-19-17)11-14-7-8-20(10-14)15-4-5-15/h3,6,9,12,14-15H,2,4-5,7-8,10-11H2,1H3/t14-/m1/s1. The van der Waals surface area contributed by atoms with Gasteiger partial charge in [0.05, 0.1) is 17.2 Å². The highest BCUT2D eigenvalue weighted by Crippen LogP contribution is 2.32. The van der Waals surface area contributed by atoms with Crippen LogP contribution in [0.1, 0.15) is 31.7 Å². The smallest absolute Gasteiger partial charge is 0.261 e. The molecule has 2 aliphatic rings. The molecule has 1 aromatic carbocycles. The van der Waals surface area contributed by atoms with Gasteiger partial charge in [-0.3, -0.25) is 9.36 Å². The fourth-order valence-corrected chi connectivity index (χ4v) is 3.62. The number of hydrogen-bond acceptors (Lipinski definition) is 3. The molecule has 1 aromatic heterocycles.